The number of hydrogen-bond acceptors (Lipinski definition) is 10. The lowest BCUT2D eigenvalue weighted by Gasteiger charge is -2.33. The summed E-state index contributed by atoms with van der Waals surface area (Å²) in [4.78, 5) is 8.84. The van der Waals surface area contributed by atoms with Crippen molar-refractivity contribution in [1.82, 2.24) is 25.9 Å². The average molecular weight is 569 g/mol. The predicted molar refractivity (Wildman–Crippen MR) is 157 cm³/mol. The molecule has 0 spiro atoms. The number of hydrazine groups is 2. The number of aliphatic hydroxyl groups excluding tert-OH is 1. The molecule has 2 aromatic heterocycles. The first-order valence-electron chi connectivity index (χ1n) is 13.3. The van der Waals surface area contributed by atoms with Gasteiger partial charge < -0.3 is 25.9 Å². The van der Waals surface area contributed by atoms with Gasteiger partial charge in [0.15, 0.2) is 0 Å². The Balaban J connectivity index is 1.39. The summed E-state index contributed by atoms with van der Waals surface area (Å²) < 4.78 is 5.35. The van der Waals surface area contributed by atoms with Gasteiger partial charge in [0.05, 0.1) is 58.8 Å². The zero-order chi connectivity index (χ0) is 28.2. The van der Waals surface area contributed by atoms with E-state index in [9.17, 15) is 10.4 Å². The lowest BCUT2D eigenvalue weighted by atomic mass is 10.0. The van der Waals surface area contributed by atoms with E-state index in [0.717, 1.165) is 22.5 Å². The van der Waals surface area contributed by atoms with Gasteiger partial charge in [0.1, 0.15) is 6.07 Å². The van der Waals surface area contributed by atoms with E-state index in [2.05, 4.69) is 37.6 Å². The van der Waals surface area contributed by atoms with Gasteiger partial charge in [-0.1, -0.05) is 48.0 Å². The molecule has 0 aliphatic carbocycles. The number of ether oxygens (including phenoxy) is 1. The van der Waals surface area contributed by atoms with Crippen LogP contribution in [0, 0.1) is 11.3 Å². The summed E-state index contributed by atoms with van der Waals surface area (Å²) in [5.41, 5.74) is 11.6. The number of nitrogens with one attached hydrogen (secondary N) is 4. The predicted octanol–water partition coefficient (Wildman–Crippen LogP) is 4.41. The molecule has 2 aliphatic heterocycles. The highest BCUT2D eigenvalue weighted by Gasteiger charge is 2.30. The zero-order valence-corrected chi connectivity index (χ0v) is 22.8. The Bertz CT molecular complexity index is 1590. The number of aliphatic hydroxyl groups is 1. The summed E-state index contributed by atoms with van der Waals surface area (Å²) in [6.07, 6.45) is 7.58. The standard InChI is InChI=1S/C30H29ClN8O2/c31-25-12-22(35-29(20-7-4-9-33-14-20)27-16-39(38-37-27)23-17-41-18-23)11-24-28(21(13-32)15-34-30(24)25)36-26(8-10-40)19-5-2-1-3-6-19/h1-7,9,11-12,14-16,23,26,29,35,37-38,40H,8,10,17-18H2,(H,34,36)/t26-,29+/m1/s1. The Morgan fingerprint density at radius 3 is 2.66 bits per heavy atom. The molecule has 1 fully saturated rings. The quantitative estimate of drug-likeness (QED) is 0.187. The third kappa shape index (κ3) is 5.62. The molecule has 208 valence electrons. The molecule has 2 aromatic carbocycles. The Kier molecular flexibility index (Phi) is 7.84. The first kappa shape index (κ1) is 26.8. The zero-order valence-electron chi connectivity index (χ0n) is 22.1. The number of aromatic nitrogens is 2. The summed E-state index contributed by atoms with van der Waals surface area (Å²) in [6, 6.07) is 19.5. The normalized spacial score (nSPS) is 16.3. The van der Waals surface area contributed by atoms with Gasteiger partial charge in [0.25, 0.3) is 0 Å². The fourth-order valence-corrected chi connectivity index (χ4v) is 5.29. The van der Waals surface area contributed by atoms with E-state index in [1.807, 2.05) is 72.0 Å². The highest BCUT2D eigenvalue weighted by Crippen LogP contribution is 2.37. The van der Waals surface area contributed by atoms with Gasteiger partial charge in [-0.05, 0) is 35.7 Å². The maximum Gasteiger partial charge on any atom is 0.103 e. The topological polar surface area (TPSA) is 130 Å². The molecule has 0 radical (unpaired) electrons. The lowest BCUT2D eigenvalue weighted by Crippen LogP contribution is -2.52. The monoisotopic (exact) mass is 568 g/mol. The molecule has 11 heteroatoms. The Morgan fingerprint density at radius 1 is 1.12 bits per heavy atom. The van der Waals surface area contributed by atoms with Crippen LogP contribution in [0.2, 0.25) is 5.02 Å². The number of halogens is 1. The maximum atomic E-state index is 9.99. The van der Waals surface area contributed by atoms with E-state index < -0.39 is 0 Å². The van der Waals surface area contributed by atoms with Crippen molar-refractivity contribution in [2.75, 3.05) is 30.5 Å². The summed E-state index contributed by atoms with van der Waals surface area (Å²) >= 11 is 6.79. The number of rotatable bonds is 10. The van der Waals surface area contributed by atoms with Crippen LogP contribution >= 0.6 is 11.6 Å². The Labute approximate surface area is 242 Å². The molecule has 0 amide bonds. The first-order valence-corrected chi connectivity index (χ1v) is 13.7. The fourth-order valence-electron chi connectivity index (χ4n) is 5.02. The van der Waals surface area contributed by atoms with Crippen LogP contribution < -0.4 is 21.6 Å². The minimum atomic E-state index is -0.286. The maximum absolute atomic E-state index is 9.99. The lowest BCUT2D eigenvalue weighted by molar-refractivity contribution is -0.0635. The highest BCUT2D eigenvalue weighted by molar-refractivity contribution is 6.35. The number of anilines is 2. The van der Waals surface area contributed by atoms with E-state index >= 15 is 0 Å². The van der Waals surface area contributed by atoms with Crippen LogP contribution in [0.25, 0.3) is 10.9 Å². The van der Waals surface area contributed by atoms with Crippen molar-refractivity contribution in [3.63, 3.8) is 0 Å². The fraction of sp³-hybridized carbons (Fsp3) is 0.233. The van der Waals surface area contributed by atoms with Crippen LogP contribution in [-0.2, 0) is 4.74 Å². The molecule has 0 unspecified atom stereocenters. The average Bonchev–Trinajstić information content (AvgIpc) is 3.45. The van der Waals surface area contributed by atoms with Crippen molar-refractivity contribution in [3.8, 4) is 6.07 Å². The van der Waals surface area contributed by atoms with Crippen molar-refractivity contribution in [2.24, 2.45) is 0 Å². The van der Waals surface area contributed by atoms with Gasteiger partial charge in [-0.2, -0.15) is 5.26 Å². The van der Waals surface area contributed by atoms with Crippen molar-refractivity contribution in [1.29, 1.82) is 5.26 Å². The molecule has 0 bridgehead atoms. The van der Waals surface area contributed by atoms with Gasteiger partial charge in [0, 0.05) is 42.5 Å². The number of fused-ring (bicyclic) bond motifs is 1. The van der Waals surface area contributed by atoms with E-state index in [0.29, 0.717) is 46.8 Å². The molecule has 6 rings (SSSR count). The molecule has 10 nitrogen and oxygen atoms in total. The van der Waals surface area contributed by atoms with Crippen molar-refractivity contribution in [3.05, 3.63) is 107 Å². The van der Waals surface area contributed by atoms with Crippen LogP contribution in [-0.4, -0.2) is 45.9 Å². The first-order chi connectivity index (χ1) is 20.1. The van der Waals surface area contributed by atoms with Crippen molar-refractivity contribution < 1.29 is 9.84 Å². The summed E-state index contributed by atoms with van der Waals surface area (Å²) in [5.74, 6) is 0. The van der Waals surface area contributed by atoms with Gasteiger partial charge in [-0.15, -0.1) is 5.53 Å². The molecule has 2 aliphatic rings. The SMILES string of the molecule is N#Cc1cnc2c(Cl)cc(N[C@H](C3=CN(C4COC4)NN3)c3cccnc3)cc2c1N[C@H](CCO)c1ccccc1. The summed E-state index contributed by atoms with van der Waals surface area (Å²) in [5, 5.41) is 30.1. The molecule has 4 aromatic rings. The van der Waals surface area contributed by atoms with Crippen molar-refractivity contribution >= 4 is 33.9 Å². The number of hydrogen-bond donors (Lipinski definition) is 5. The molecule has 0 saturated carbocycles. The van der Waals surface area contributed by atoms with E-state index in [1.54, 1.807) is 6.20 Å². The molecular weight excluding hydrogens is 540 g/mol. The van der Waals surface area contributed by atoms with Gasteiger partial charge in [0.2, 0.25) is 0 Å². The Morgan fingerprint density at radius 2 is 1.95 bits per heavy atom. The van der Waals surface area contributed by atoms with Crippen LogP contribution in [0.5, 0.6) is 0 Å². The summed E-state index contributed by atoms with van der Waals surface area (Å²) in [6.45, 7) is 1.31. The van der Waals surface area contributed by atoms with E-state index in [4.69, 9.17) is 16.3 Å². The number of nitrogens with zero attached hydrogens (tertiary/aromatic N) is 4. The minimum absolute atomic E-state index is 0.0159. The second kappa shape index (κ2) is 12.0. The van der Waals surface area contributed by atoms with Crippen LogP contribution in [0.3, 0.4) is 0 Å². The Hall–Kier alpha value is -4.40. The summed E-state index contributed by atoms with van der Waals surface area (Å²) in [7, 11) is 0. The number of nitriles is 1. The van der Waals surface area contributed by atoms with Crippen molar-refractivity contribution in [2.45, 2.75) is 24.5 Å². The highest BCUT2D eigenvalue weighted by atomic mass is 35.5. The molecule has 41 heavy (non-hydrogen) atoms. The van der Waals surface area contributed by atoms with Crippen LogP contribution in [0.15, 0.2) is 85.1 Å². The molecule has 2 atom stereocenters. The molecule has 1 saturated heterocycles. The number of benzene rings is 2. The van der Waals surface area contributed by atoms with Gasteiger partial charge >= 0.3 is 0 Å². The van der Waals surface area contributed by atoms with Gasteiger partial charge in [-0.3, -0.25) is 15.0 Å². The molecule has 4 heterocycles. The largest absolute Gasteiger partial charge is 0.396 e. The van der Waals surface area contributed by atoms with Gasteiger partial charge in [-0.25, -0.2) is 0 Å². The van der Waals surface area contributed by atoms with E-state index in [-0.39, 0.29) is 24.7 Å². The number of pyridine rings is 2. The minimum Gasteiger partial charge on any atom is -0.396 e. The van der Waals surface area contributed by atoms with Crippen LogP contribution in [0.4, 0.5) is 11.4 Å². The second-order valence-electron chi connectivity index (χ2n) is 9.92. The van der Waals surface area contributed by atoms with E-state index in [1.165, 1.54) is 6.20 Å². The molecule has 5 N–H and O–H groups in total. The second-order valence-corrected chi connectivity index (χ2v) is 10.3. The third-order valence-electron chi connectivity index (χ3n) is 7.24. The third-order valence-corrected chi connectivity index (χ3v) is 7.53. The molecular formula is C30H29ClN8O2. The smallest absolute Gasteiger partial charge is 0.103 e. The van der Waals surface area contributed by atoms with Crippen LogP contribution in [0.1, 0.15) is 35.2 Å².